The van der Waals surface area contributed by atoms with Gasteiger partial charge in [0.25, 0.3) is 0 Å². The molecular weight excluding hydrogens is 349 g/mol. The van der Waals surface area contributed by atoms with Gasteiger partial charge in [-0.25, -0.2) is 0 Å². The van der Waals surface area contributed by atoms with E-state index in [1.165, 1.54) is 25.7 Å². The minimum atomic E-state index is -4.53. The summed E-state index contributed by atoms with van der Waals surface area (Å²) in [5, 5.41) is 11.5. The Hall–Kier alpha value is -0.710. The van der Waals surface area contributed by atoms with Gasteiger partial charge in [0.1, 0.15) is 0 Å². The Balaban J connectivity index is 2.99. The third-order valence-corrected chi connectivity index (χ3v) is 6.67. The highest BCUT2D eigenvalue weighted by atomic mass is 31.2. The molecule has 26 heavy (non-hydrogen) atoms. The summed E-state index contributed by atoms with van der Waals surface area (Å²) >= 11 is 0. The smallest absolute Gasteiger partial charge is 0.378 e. The van der Waals surface area contributed by atoms with E-state index < -0.39 is 19.0 Å². The first kappa shape index (κ1) is 23.3. The second-order valence-electron chi connectivity index (χ2n) is 8.24. The van der Waals surface area contributed by atoms with Crippen LogP contribution in [0.4, 0.5) is 0 Å². The highest BCUT2D eigenvalue weighted by Gasteiger charge is 2.56. The lowest BCUT2D eigenvalue weighted by molar-refractivity contribution is -0.891. The van der Waals surface area contributed by atoms with Gasteiger partial charge in [0, 0.05) is 0 Å². The van der Waals surface area contributed by atoms with Crippen molar-refractivity contribution in [2.45, 2.75) is 69.7 Å². The second-order valence-corrected chi connectivity index (χ2v) is 9.91. The van der Waals surface area contributed by atoms with Crippen LogP contribution in [0.2, 0.25) is 0 Å². The van der Waals surface area contributed by atoms with Gasteiger partial charge in [-0.3, -0.25) is 4.57 Å². The monoisotopic (exact) mass is 386 g/mol. The van der Waals surface area contributed by atoms with Gasteiger partial charge in [-0.15, -0.1) is 0 Å². The first-order valence-corrected chi connectivity index (χ1v) is 11.4. The summed E-state index contributed by atoms with van der Waals surface area (Å²) in [5.41, 5.74) is -0.991. The molecule has 150 valence electrons. The molecule has 2 atom stereocenters. The Labute approximate surface area is 158 Å². The van der Waals surface area contributed by atoms with E-state index in [0.717, 1.165) is 19.3 Å². The highest BCUT2D eigenvalue weighted by molar-refractivity contribution is 7.52. The predicted molar refractivity (Wildman–Crippen MR) is 107 cm³/mol. The lowest BCUT2D eigenvalue weighted by atomic mass is 9.86. The molecule has 0 aliphatic heterocycles. The summed E-state index contributed by atoms with van der Waals surface area (Å²) in [7, 11) is 0.641. The molecule has 0 saturated carbocycles. The molecule has 6 heteroatoms. The molecule has 5 nitrogen and oxygen atoms in total. The van der Waals surface area contributed by atoms with Crippen molar-refractivity contribution in [2.24, 2.45) is 0 Å². The number of quaternary nitrogens is 1. The van der Waals surface area contributed by atoms with E-state index in [2.05, 4.69) is 6.92 Å². The van der Waals surface area contributed by atoms with E-state index in [1.807, 2.05) is 6.07 Å². The van der Waals surface area contributed by atoms with Crippen LogP contribution in [-0.2, 0) is 10.2 Å². The standard InChI is InChI=1S/C20H36NO4P/c1-5-6-7-8-9-10-14-17-20(22,18-15-12-11-13-16-18)19(21(2,3)4)26(23,24)25/h11-13,15-16,19,22H,5-10,14,17H2,1-4H3,(H-,23,24,25)/p+1. The maximum atomic E-state index is 12.3. The van der Waals surface area contributed by atoms with E-state index in [9.17, 15) is 19.5 Å². The summed E-state index contributed by atoms with van der Waals surface area (Å²) in [6, 6.07) is 8.98. The molecule has 2 unspecified atom stereocenters. The molecule has 1 rings (SSSR count). The Kier molecular flexibility index (Phi) is 8.98. The maximum Gasteiger partial charge on any atom is 0.385 e. The fourth-order valence-corrected chi connectivity index (χ4v) is 5.61. The number of aliphatic hydroxyl groups is 1. The summed E-state index contributed by atoms with van der Waals surface area (Å²) in [6.07, 6.45) is 8.00. The fourth-order valence-electron chi connectivity index (χ4n) is 3.87. The lowest BCUT2D eigenvalue weighted by Crippen LogP contribution is -2.56. The Morgan fingerprint density at radius 1 is 0.962 bits per heavy atom. The average Bonchev–Trinajstić information content (AvgIpc) is 2.52. The van der Waals surface area contributed by atoms with Gasteiger partial charge in [-0.1, -0.05) is 75.8 Å². The van der Waals surface area contributed by atoms with E-state index in [4.69, 9.17) is 0 Å². The second kappa shape index (κ2) is 10.0. The molecule has 1 aromatic carbocycles. The largest absolute Gasteiger partial charge is 0.385 e. The van der Waals surface area contributed by atoms with Gasteiger partial charge in [0.15, 0.2) is 5.60 Å². The number of benzene rings is 1. The summed E-state index contributed by atoms with van der Waals surface area (Å²) in [6.45, 7) is 2.19. The maximum absolute atomic E-state index is 12.3. The van der Waals surface area contributed by atoms with Crippen molar-refractivity contribution in [3.63, 3.8) is 0 Å². The molecule has 0 amide bonds. The Morgan fingerprint density at radius 2 is 1.46 bits per heavy atom. The van der Waals surface area contributed by atoms with E-state index in [-0.39, 0.29) is 4.48 Å². The van der Waals surface area contributed by atoms with E-state index >= 15 is 0 Å². The fraction of sp³-hybridized carbons (Fsp3) is 0.700. The van der Waals surface area contributed by atoms with Crippen LogP contribution >= 0.6 is 7.60 Å². The van der Waals surface area contributed by atoms with Crippen molar-refractivity contribution >= 4 is 7.60 Å². The number of nitrogens with zero attached hydrogens (tertiary/aromatic N) is 1. The number of hydrogen-bond acceptors (Lipinski definition) is 2. The first-order chi connectivity index (χ1) is 12.0. The molecule has 3 N–H and O–H groups in total. The van der Waals surface area contributed by atoms with E-state index in [1.54, 1.807) is 45.4 Å². The van der Waals surface area contributed by atoms with Crippen LogP contribution in [0.1, 0.15) is 63.9 Å². The van der Waals surface area contributed by atoms with Crippen LogP contribution in [0.3, 0.4) is 0 Å². The molecule has 0 aliphatic rings. The van der Waals surface area contributed by atoms with Gasteiger partial charge in [0.2, 0.25) is 5.78 Å². The highest BCUT2D eigenvalue weighted by Crippen LogP contribution is 2.54. The molecule has 0 bridgehead atoms. The van der Waals surface area contributed by atoms with Gasteiger partial charge in [-0.2, -0.15) is 0 Å². The zero-order valence-electron chi connectivity index (χ0n) is 16.8. The van der Waals surface area contributed by atoms with Crippen LogP contribution in [0.15, 0.2) is 30.3 Å². The molecular formula is C20H37NO4P+. The van der Waals surface area contributed by atoms with Crippen molar-refractivity contribution < 1.29 is 23.9 Å². The van der Waals surface area contributed by atoms with Gasteiger partial charge in [-0.05, 0) is 18.4 Å². The quantitative estimate of drug-likeness (QED) is 0.285. The zero-order chi connectivity index (χ0) is 19.8. The normalized spacial score (nSPS) is 16.3. The van der Waals surface area contributed by atoms with Crippen LogP contribution in [0, 0.1) is 0 Å². The number of unbranched alkanes of at least 4 members (excludes halogenated alkanes) is 6. The topological polar surface area (TPSA) is 77.8 Å². The summed E-state index contributed by atoms with van der Waals surface area (Å²) in [4.78, 5) is 20.1. The molecule has 0 aliphatic carbocycles. The van der Waals surface area contributed by atoms with Crippen molar-refractivity contribution in [2.75, 3.05) is 21.1 Å². The summed E-state index contributed by atoms with van der Waals surface area (Å²) < 4.78 is 12.3. The first-order valence-electron chi connectivity index (χ1n) is 9.67. The zero-order valence-corrected chi connectivity index (χ0v) is 17.7. The van der Waals surface area contributed by atoms with Crippen LogP contribution in [-0.4, -0.2) is 46.3 Å². The third kappa shape index (κ3) is 6.79. The molecule has 0 spiro atoms. The molecule has 0 saturated heterocycles. The molecule has 0 heterocycles. The van der Waals surface area contributed by atoms with Crippen molar-refractivity contribution in [3.05, 3.63) is 35.9 Å². The summed E-state index contributed by atoms with van der Waals surface area (Å²) in [5.74, 6) is -1.21. The molecule has 0 radical (unpaired) electrons. The lowest BCUT2D eigenvalue weighted by Gasteiger charge is -2.44. The van der Waals surface area contributed by atoms with Crippen LogP contribution < -0.4 is 0 Å². The van der Waals surface area contributed by atoms with Gasteiger partial charge in [0.05, 0.1) is 21.1 Å². The minimum Gasteiger partial charge on any atom is -0.378 e. The van der Waals surface area contributed by atoms with Gasteiger partial charge < -0.3 is 19.4 Å². The predicted octanol–water partition coefficient (Wildman–Crippen LogP) is 4.22. The van der Waals surface area contributed by atoms with Crippen molar-refractivity contribution in [3.8, 4) is 0 Å². The van der Waals surface area contributed by atoms with Crippen LogP contribution in [0.25, 0.3) is 0 Å². The van der Waals surface area contributed by atoms with Crippen LogP contribution in [0.5, 0.6) is 0 Å². The third-order valence-electron chi connectivity index (χ3n) is 4.91. The van der Waals surface area contributed by atoms with Crippen molar-refractivity contribution in [1.29, 1.82) is 0 Å². The van der Waals surface area contributed by atoms with Gasteiger partial charge >= 0.3 is 7.60 Å². The SMILES string of the molecule is CCCCCCCCCC(O)(c1ccccc1)C([N+](C)(C)C)P(=O)(O)O. The number of hydrogen-bond donors (Lipinski definition) is 3. The molecule has 1 aromatic rings. The number of likely N-dealkylation sites (N-methyl/N-ethyl adjacent to an activating group) is 1. The minimum absolute atomic E-state index is 0.00777. The molecule has 0 aromatic heterocycles. The Bertz CT molecular complexity index is 567. The Morgan fingerprint density at radius 3 is 1.92 bits per heavy atom. The van der Waals surface area contributed by atoms with Crippen molar-refractivity contribution in [1.82, 2.24) is 0 Å². The molecule has 0 fully saturated rings. The number of rotatable bonds is 12. The average molecular weight is 386 g/mol. The van der Waals surface area contributed by atoms with E-state index in [0.29, 0.717) is 12.0 Å².